The molecule has 3 aliphatic carbocycles. The van der Waals surface area contributed by atoms with Gasteiger partial charge in [-0.1, -0.05) is 63.3 Å². The Morgan fingerprint density at radius 1 is 1.08 bits per heavy atom. The van der Waals surface area contributed by atoms with Gasteiger partial charge in [-0.15, -0.1) is 0 Å². The van der Waals surface area contributed by atoms with E-state index in [2.05, 4.69) is 80.7 Å². The number of fused-ring (bicyclic) bond motifs is 3. The predicted octanol–water partition coefficient (Wildman–Crippen LogP) is 5.74. The Kier molecular flexibility index (Phi) is 3.56. The summed E-state index contributed by atoms with van der Waals surface area (Å²) in [4.78, 5) is 0. The lowest BCUT2D eigenvalue weighted by atomic mass is 9.72. The highest BCUT2D eigenvalue weighted by molar-refractivity contribution is 5.60. The summed E-state index contributed by atoms with van der Waals surface area (Å²) in [6.07, 6.45) is 15.5. The Morgan fingerprint density at radius 3 is 2.58 bits per heavy atom. The van der Waals surface area contributed by atoms with Crippen molar-refractivity contribution in [2.45, 2.75) is 38.5 Å². The van der Waals surface area contributed by atoms with Gasteiger partial charge in [0.05, 0.1) is 0 Å². The molecule has 1 N–H and O–H groups in total. The first-order valence-corrected chi connectivity index (χ1v) is 9.11. The summed E-state index contributed by atoms with van der Waals surface area (Å²) in [5.41, 5.74) is 7.15. The second-order valence-corrected chi connectivity index (χ2v) is 8.04. The van der Waals surface area contributed by atoms with Gasteiger partial charge in [-0.05, 0) is 58.1 Å². The van der Waals surface area contributed by atoms with Crippen LogP contribution in [0, 0.1) is 11.8 Å². The van der Waals surface area contributed by atoms with Crippen LogP contribution in [0.4, 0.5) is 5.69 Å². The van der Waals surface area contributed by atoms with Gasteiger partial charge in [0.25, 0.3) is 0 Å². The second-order valence-electron chi connectivity index (χ2n) is 8.04. The van der Waals surface area contributed by atoms with E-state index in [1.54, 1.807) is 0 Å². The Balaban J connectivity index is 1.73. The smallest absolute Gasteiger partial charge is 0.0340 e. The lowest BCUT2D eigenvalue weighted by Crippen LogP contribution is -2.25. The quantitative estimate of drug-likeness (QED) is 0.733. The minimum Gasteiger partial charge on any atom is -0.388 e. The van der Waals surface area contributed by atoms with Crippen molar-refractivity contribution in [3.05, 3.63) is 76.9 Å². The number of rotatable bonds is 2. The molecule has 1 aromatic carbocycles. The van der Waals surface area contributed by atoms with E-state index in [9.17, 15) is 0 Å². The molecule has 0 aliphatic heterocycles. The third-order valence-electron chi connectivity index (χ3n) is 6.10. The normalized spacial score (nSPS) is 29.6. The monoisotopic (exact) mass is 317 g/mol. The molecule has 124 valence electrons. The van der Waals surface area contributed by atoms with Crippen molar-refractivity contribution >= 4 is 5.69 Å². The van der Waals surface area contributed by atoms with E-state index in [4.69, 9.17) is 0 Å². The molecule has 0 saturated carbocycles. The fourth-order valence-electron chi connectivity index (χ4n) is 4.51. The molecular formula is C23H27N. The van der Waals surface area contributed by atoms with Crippen molar-refractivity contribution in [3.63, 3.8) is 0 Å². The van der Waals surface area contributed by atoms with Crippen molar-refractivity contribution in [1.82, 2.24) is 0 Å². The fraction of sp³-hybridized carbons (Fsp3) is 0.391. The molecule has 0 bridgehead atoms. The largest absolute Gasteiger partial charge is 0.388 e. The number of allylic oxidation sites excluding steroid dienone is 8. The molecule has 0 heterocycles. The molecular weight excluding hydrogens is 290 g/mol. The van der Waals surface area contributed by atoms with Crippen LogP contribution in [-0.2, 0) is 5.41 Å². The van der Waals surface area contributed by atoms with Gasteiger partial charge in [0.15, 0.2) is 0 Å². The average molecular weight is 317 g/mol. The van der Waals surface area contributed by atoms with Crippen LogP contribution in [0.5, 0.6) is 0 Å². The van der Waals surface area contributed by atoms with Crippen molar-refractivity contribution < 1.29 is 0 Å². The van der Waals surface area contributed by atoms with Gasteiger partial charge in [0.2, 0.25) is 0 Å². The molecule has 1 nitrogen and oxygen atoms in total. The number of benzene rings is 1. The van der Waals surface area contributed by atoms with Crippen LogP contribution in [-0.4, -0.2) is 7.05 Å². The zero-order valence-electron chi connectivity index (χ0n) is 15.1. The SMILES string of the molecule is CNc1ccc2c(c1)C(C)(C)C1C=C(C3=CCC(C)C=C3)C=CC21. The van der Waals surface area contributed by atoms with Crippen LogP contribution in [0.1, 0.15) is 44.2 Å². The lowest BCUT2D eigenvalue weighted by molar-refractivity contribution is 0.393. The highest BCUT2D eigenvalue weighted by Gasteiger charge is 2.45. The van der Waals surface area contributed by atoms with E-state index < -0.39 is 0 Å². The maximum absolute atomic E-state index is 3.29. The topological polar surface area (TPSA) is 12.0 Å². The van der Waals surface area contributed by atoms with Gasteiger partial charge in [0.1, 0.15) is 0 Å². The van der Waals surface area contributed by atoms with E-state index in [1.165, 1.54) is 28.0 Å². The Hall–Kier alpha value is -2.02. The van der Waals surface area contributed by atoms with Gasteiger partial charge >= 0.3 is 0 Å². The van der Waals surface area contributed by atoms with Crippen molar-refractivity contribution in [2.24, 2.45) is 11.8 Å². The zero-order valence-corrected chi connectivity index (χ0v) is 15.1. The van der Waals surface area contributed by atoms with E-state index in [0.29, 0.717) is 17.8 Å². The molecule has 4 rings (SSSR count). The molecule has 0 amide bonds. The molecule has 0 aromatic heterocycles. The number of hydrogen-bond donors (Lipinski definition) is 1. The molecule has 24 heavy (non-hydrogen) atoms. The van der Waals surface area contributed by atoms with Crippen LogP contribution < -0.4 is 5.32 Å². The van der Waals surface area contributed by atoms with Gasteiger partial charge in [0, 0.05) is 18.7 Å². The van der Waals surface area contributed by atoms with Gasteiger partial charge in [-0.2, -0.15) is 0 Å². The lowest BCUT2D eigenvalue weighted by Gasteiger charge is -2.31. The second kappa shape index (κ2) is 5.51. The van der Waals surface area contributed by atoms with Gasteiger partial charge in [-0.3, -0.25) is 0 Å². The minimum atomic E-state index is 0.162. The number of nitrogens with one attached hydrogen (secondary N) is 1. The highest BCUT2D eigenvalue weighted by atomic mass is 14.8. The fourth-order valence-corrected chi connectivity index (χ4v) is 4.51. The van der Waals surface area contributed by atoms with E-state index in [1.807, 2.05) is 7.05 Å². The van der Waals surface area contributed by atoms with E-state index >= 15 is 0 Å². The van der Waals surface area contributed by atoms with Crippen LogP contribution in [0.15, 0.2) is 65.8 Å². The van der Waals surface area contributed by atoms with E-state index in [0.717, 1.165) is 6.42 Å². The minimum absolute atomic E-state index is 0.162. The summed E-state index contributed by atoms with van der Waals surface area (Å²) in [6, 6.07) is 6.87. The van der Waals surface area contributed by atoms with Crippen LogP contribution in [0.3, 0.4) is 0 Å². The van der Waals surface area contributed by atoms with Crippen LogP contribution in [0.25, 0.3) is 0 Å². The summed E-state index contributed by atoms with van der Waals surface area (Å²) in [6.45, 7) is 7.08. The molecule has 3 aliphatic rings. The first-order valence-electron chi connectivity index (χ1n) is 9.11. The molecule has 1 heteroatoms. The molecule has 1 aromatic rings. The standard InChI is InChI=1S/C23H27N/c1-15-5-7-16(8-6-15)17-9-11-19-20-12-10-18(24-4)14-22(20)23(2,3)21(19)13-17/h5,7-15,19,21,24H,6H2,1-4H3. The molecule has 0 saturated heterocycles. The highest BCUT2D eigenvalue weighted by Crippen LogP contribution is 2.54. The zero-order chi connectivity index (χ0) is 16.9. The molecule has 3 atom stereocenters. The summed E-state index contributed by atoms with van der Waals surface area (Å²) in [5, 5.41) is 3.29. The Bertz CT molecular complexity index is 788. The summed E-state index contributed by atoms with van der Waals surface area (Å²) in [7, 11) is 2.00. The first kappa shape index (κ1) is 15.5. The summed E-state index contributed by atoms with van der Waals surface area (Å²) >= 11 is 0. The van der Waals surface area contributed by atoms with Crippen molar-refractivity contribution in [3.8, 4) is 0 Å². The Labute approximate surface area is 145 Å². The maximum atomic E-state index is 3.29. The van der Waals surface area contributed by atoms with Crippen LogP contribution >= 0.6 is 0 Å². The number of hydrogen-bond acceptors (Lipinski definition) is 1. The number of anilines is 1. The van der Waals surface area contributed by atoms with Crippen molar-refractivity contribution in [1.29, 1.82) is 0 Å². The van der Waals surface area contributed by atoms with Gasteiger partial charge < -0.3 is 5.32 Å². The van der Waals surface area contributed by atoms with Crippen LogP contribution in [0.2, 0.25) is 0 Å². The van der Waals surface area contributed by atoms with E-state index in [-0.39, 0.29) is 5.41 Å². The summed E-state index contributed by atoms with van der Waals surface area (Å²) < 4.78 is 0. The Morgan fingerprint density at radius 2 is 1.88 bits per heavy atom. The third kappa shape index (κ3) is 2.30. The average Bonchev–Trinajstić information content (AvgIpc) is 2.82. The van der Waals surface area contributed by atoms with Crippen molar-refractivity contribution in [2.75, 3.05) is 12.4 Å². The predicted molar refractivity (Wildman–Crippen MR) is 103 cm³/mol. The third-order valence-corrected chi connectivity index (χ3v) is 6.10. The van der Waals surface area contributed by atoms with Gasteiger partial charge in [-0.25, -0.2) is 0 Å². The molecule has 0 spiro atoms. The molecule has 0 fully saturated rings. The first-order chi connectivity index (χ1) is 11.5. The molecule has 3 unspecified atom stereocenters. The maximum Gasteiger partial charge on any atom is 0.0340 e. The summed E-state index contributed by atoms with van der Waals surface area (Å²) in [5.74, 6) is 1.71. The molecule has 0 radical (unpaired) electrons.